The molecular formula is C15H29NO. The molecule has 3 unspecified atom stereocenters. The van der Waals surface area contributed by atoms with Crippen molar-refractivity contribution in [1.82, 2.24) is 5.32 Å². The Balaban J connectivity index is 1.71. The lowest BCUT2D eigenvalue weighted by molar-refractivity contribution is -0.0160. The number of ether oxygens (including phenoxy) is 1. The molecule has 0 aromatic heterocycles. The highest BCUT2D eigenvalue weighted by Crippen LogP contribution is 2.31. The van der Waals surface area contributed by atoms with E-state index in [-0.39, 0.29) is 5.60 Å². The lowest BCUT2D eigenvalue weighted by Gasteiger charge is -2.33. The van der Waals surface area contributed by atoms with Crippen LogP contribution in [0.5, 0.6) is 0 Å². The fourth-order valence-electron chi connectivity index (χ4n) is 3.63. The largest absolute Gasteiger partial charge is 0.371 e. The molecule has 1 N–H and O–H groups in total. The predicted octanol–water partition coefficient (Wildman–Crippen LogP) is 3.36. The first kappa shape index (κ1) is 13.4. The Labute approximate surface area is 107 Å². The number of rotatable bonds is 3. The average molecular weight is 239 g/mol. The number of hydrogen-bond acceptors (Lipinski definition) is 2. The maximum absolute atomic E-state index is 6.03. The van der Waals surface area contributed by atoms with Crippen LogP contribution < -0.4 is 5.32 Å². The van der Waals surface area contributed by atoms with Crippen molar-refractivity contribution in [3.63, 3.8) is 0 Å². The van der Waals surface area contributed by atoms with Crippen LogP contribution in [-0.2, 0) is 4.74 Å². The van der Waals surface area contributed by atoms with Crippen LogP contribution in [-0.4, -0.2) is 24.3 Å². The molecular weight excluding hydrogens is 210 g/mol. The highest BCUT2D eigenvalue weighted by Gasteiger charge is 2.32. The summed E-state index contributed by atoms with van der Waals surface area (Å²) in [6.45, 7) is 10.2. The smallest absolute Gasteiger partial charge is 0.0707 e. The van der Waals surface area contributed by atoms with Gasteiger partial charge in [0.15, 0.2) is 0 Å². The summed E-state index contributed by atoms with van der Waals surface area (Å²) in [4.78, 5) is 0. The van der Waals surface area contributed by atoms with Gasteiger partial charge in [0.1, 0.15) is 0 Å². The van der Waals surface area contributed by atoms with Gasteiger partial charge in [0.2, 0.25) is 0 Å². The lowest BCUT2D eigenvalue weighted by Crippen LogP contribution is -2.40. The van der Waals surface area contributed by atoms with Crippen molar-refractivity contribution in [2.45, 2.75) is 77.5 Å². The molecule has 1 saturated carbocycles. The predicted molar refractivity (Wildman–Crippen MR) is 72.2 cm³/mol. The zero-order chi connectivity index (χ0) is 12.5. The SMILES string of the molecule is CC1CC(C)CC(NCC2CCC(C)(C)O2)C1. The van der Waals surface area contributed by atoms with Crippen molar-refractivity contribution < 1.29 is 4.74 Å². The molecule has 0 aromatic rings. The molecule has 3 atom stereocenters. The van der Waals surface area contributed by atoms with E-state index in [0.29, 0.717) is 6.10 Å². The van der Waals surface area contributed by atoms with Crippen LogP contribution >= 0.6 is 0 Å². The maximum atomic E-state index is 6.03. The Morgan fingerprint density at radius 1 is 1.12 bits per heavy atom. The summed E-state index contributed by atoms with van der Waals surface area (Å²) in [7, 11) is 0. The molecule has 17 heavy (non-hydrogen) atoms. The van der Waals surface area contributed by atoms with Gasteiger partial charge >= 0.3 is 0 Å². The monoisotopic (exact) mass is 239 g/mol. The van der Waals surface area contributed by atoms with Crippen LogP contribution in [0.2, 0.25) is 0 Å². The zero-order valence-corrected chi connectivity index (χ0v) is 12.0. The van der Waals surface area contributed by atoms with E-state index >= 15 is 0 Å². The Morgan fingerprint density at radius 2 is 1.76 bits per heavy atom. The van der Waals surface area contributed by atoms with Gasteiger partial charge in [-0.15, -0.1) is 0 Å². The molecule has 2 heteroatoms. The molecule has 1 aliphatic heterocycles. The average Bonchev–Trinajstić information content (AvgIpc) is 2.54. The van der Waals surface area contributed by atoms with Gasteiger partial charge in [-0.25, -0.2) is 0 Å². The second kappa shape index (κ2) is 5.27. The maximum Gasteiger partial charge on any atom is 0.0707 e. The summed E-state index contributed by atoms with van der Waals surface area (Å²) >= 11 is 0. The van der Waals surface area contributed by atoms with Crippen molar-refractivity contribution in [3.05, 3.63) is 0 Å². The van der Waals surface area contributed by atoms with Crippen molar-refractivity contribution >= 4 is 0 Å². The molecule has 0 amide bonds. The van der Waals surface area contributed by atoms with Crippen molar-refractivity contribution in [2.24, 2.45) is 11.8 Å². The van der Waals surface area contributed by atoms with E-state index in [9.17, 15) is 0 Å². The third kappa shape index (κ3) is 3.96. The molecule has 1 heterocycles. The molecule has 100 valence electrons. The van der Waals surface area contributed by atoms with E-state index in [4.69, 9.17) is 4.74 Å². The second-order valence-corrected chi connectivity index (χ2v) is 7.06. The first-order valence-electron chi connectivity index (χ1n) is 7.36. The normalized spacial score (nSPS) is 41.6. The minimum Gasteiger partial charge on any atom is -0.371 e. The van der Waals surface area contributed by atoms with Crippen LogP contribution in [0.1, 0.15) is 59.8 Å². The van der Waals surface area contributed by atoms with Gasteiger partial charge in [-0.3, -0.25) is 0 Å². The number of hydrogen-bond donors (Lipinski definition) is 1. The summed E-state index contributed by atoms with van der Waals surface area (Å²) in [5.74, 6) is 1.77. The van der Waals surface area contributed by atoms with Crippen molar-refractivity contribution in [3.8, 4) is 0 Å². The minimum atomic E-state index is 0.111. The Morgan fingerprint density at radius 3 is 2.29 bits per heavy atom. The van der Waals surface area contributed by atoms with E-state index in [0.717, 1.165) is 24.4 Å². The van der Waals surface area contributed by atoms with E-state index in [2.05, 4.69) is 33.0 Å². The first-order chi connectivity index (χ1) is 7.94. The van der Waals surface area contributed by atoms with Gasteiger partial charge in [0, 0.05) is 12.6 Å². The van der Waals surface area contributed by atoms with Crippen molar-refractivity contribution in [1.29, 1.82) is 0 Å². The Kier molecular flexibility index (Phi) is 4.14. The zero-order valence-electron chi connectivity index (χ0n) is 12.0. The molecule has 0 bridgehead atoms. The molecule has 0 spiro atoms. The fourth-order valence-corrected chi connectivity index (χ4v) is 3.63. The van der Waals surface area contributed by atoms with Crippen LogP contribution in [0, 0.1) is 11.8 Å². The molecule has 1 aliphatic carbocycles. The second-order valence-electron chi connectivity index (χ2n) is 7.06. The van der Waals surface area contributed by atoms with E-state index in [1.807, 2.05) is 0 Å². The standard InChI is InChI=1S/C15H29NO/c1-11-7-12(2)9-13(8-11)16-10-14-5-6-15(3,4)17-14/h11-14,16H,5-10H2,1-4H3. The summed E-state index contributed by atoms with van der Waals surface area (Å²) in [5, 5.41) is 3.74. The van der Waals surface area contributed by atoms with Gasteiger partial charge in [-0.05, 0) is 57.8 Å². The molecule has 0 radical (unpaired) electrons. The highest BCUT2D eigenvalue weighted by atomic mass is 16.5. The molecule has 0 aromatic carbocycles. The third-order valence-corrected chi connectivity index (χ3v) is 4.37. The summed E-state index contributed by atoms with van der Waals surface area (Å²) < 4.78 is 6.03. The van der Waals surface area contributed by atoms with Gasteiger partial charge in [-0.1, -0.05) is 13.8 Å². The van der Waals surface area contributed by atoms with Crippen LogP contribution in [0.25, 0.3) is 0 Å². The van der Waals surface area contributed by atoms with Gasteiger partial charge in [-0.2, -0.15) is 0 Å². The molecule has 1 saturated heterocycles. The van der Waals surface area contributed by atoms with E-state index < -0.39 is 0 Å². The highest BCUT2D eigenvalue weighted by molar-refractivity contribution is 4.85. The topological polar surface area (TPSA) is 21.3 Å². The Bertz CT molecular complexity index is 241. The minimum absolute atomic E-state index is 0.111. The van der Waals surface area contributed by atoms with E-state index in [1.54, 1.807) is 0 Å². The quantitative estimate of drug-likeness (QED) is 0.815. The Hall–Kier alpha value is -0.0800. The van der Waals surface area contributed by atoms with Crippen LogP contribution in [0.4, 0.5) is 0 Å². The summed E-state index contributed by atoms with van der Waals surface area (Å²) in [6.07, 6.45) is 6.97. The van der Waals surface area contributed by atoms with Gasteiger partial charge in [0.05, 0.1) is 11.7 Å². The number of nitrogens with one attached hydrogen (secondary N) is 1. The van der Waals surface area contributed by atoms with Crippen LogP contribution in [0.3, 0.4) is 0 Å². The van der Waals surface area contributed by atoms with E-state index in [1.165, 1.54) is 32.1 Å². The molecule has 2 fully saturated rings. The lowest BCUT2D eigenvalue weighted by atomic mass is 9.80. The fraction of sp³-hybridized carbons (Fsp3) is 1.00. The third-order valence-electron chi connectivity index (χ3n) is 4.37. The summed E-state index contributed by atoms with van der Waals surface area (Å²) in [6, 6.07) is 0.723. The van der Waals surface area contributed by atoms with Gasteiger partial charge < -0.3 is 10.1 Å². The molecule has 2 nitrogen and oxygen atoms in total. The first-order valence-corrected chi connectivity index (χ1v) is 7.36. The van der Waals surface area contributed by atoms with Crippen molar-refractivity contribution in [2.75, 3.05) is 6.54 Å². The molecule has 2 aliphatic rings. The van der Waals surface area contributed by atoms with Crippen LogP contribution in [0.15, 0.2) is 0 Å². The summed E-state index contributed by atoms with van der Waals surface area (Å²) in [5.41, 5.74) is 0.111. The van der Waals surface area contributed by atoms with Gasteiger partial charge in [0.25, 0.3) is 0 Å². The molecule has 2 rings (SSSR count).